The summed E-state index contributed by atoms with van der Waals surface area (Å²) in [4.78, 5) is 39.4. The van der Waals surface area contributed by atoms with Crippen molar-refractivity contribution in [3.8, 4) is 5.75 Å². The molecule has 2 aliphatic heterocycles. The molecule has 35 heavy (non-hydrogen) atoms. The van der Waals surface area contributed by atoms with Crippen LogP contribution in [0.3, 0.4) is 0 Å². The van der Waals surface area contributed by atoms with Gasteiger partial charge in [-0.05, 0) is 53.9 Å². The first-order chi connectivity index (χ1) is 16.8. The summed E-state index contributed by atoms with van der Waals surface area (Å²) in [6.07, 6.45) is 0.502. The Morgan fingerprint density at radius 1 is 1.06 bits per heavy atom. The van der Waals surface area contributed by atoms with Crippen molar-refractivity contribution < 1.29 is 19.1 Å². The molecule has 0 spiro atoms. The van der Waals surface area contributed by atoms with E-state index in [-0.39, 0.29) is 12.6 Å². The number of hydrazone groups is 1. The Morgan fingerprint density at radius 2 is 1.77 bits per heavy atom. The number of carbonyl (C=O) groups excluding carboxylic acids is 3. The number of urea groups is 1. The monoisotopic (exact) mass is 470 g/mol. The number of nitrogens with one attached hydrogen (secondary N) is 1. The largest absolute Gasteiger partial charge is 0.497 e. The van der Waals surface area contributed by atoms with E-state index in [0.29, 0.717) is 12.2 Å². The van der Waals surface area contributed by atoms with Crippen molar-refractivity contribution in [2.75, 3.05) is 13.7 Å². The Morgan fingerprint density at radius 3 is 2.43 bits per heavy atom. The van der Waals surface area contributed by atoms with Gasteiger partial charge in [-0.25, -0.2) is 9.80 Å². The van der Waals surface area contributed by atoms with Crippen molar-refractivity contribution in [3.63, 3.8) is 0 Å². The average molecular weight is 471 g/mol. The Hall–Kier alpha value is -4.20. The highest BCUT2D eigenvalue weighted by molar-refractivity contribution is 6.09. The van der Waals surface area contributed by atoms with Crippen LogP contribution in [0, 0.1) is 0 Å². The number of amides is 4. The summed E-state index contributed by atoms with van der Waals surface area (Å²) in [7, 11) is 1.60. The minimum absolute atomic E-state index is 0.372. The van der Waals surface area contributed by atoms with Gasteiger partial charge in [-0.1, -0.05) is 48.5 Å². The Labute approximate surface area is 203 Å². The Kier molecular flexibility index (Phi) is 5.51. The van der Waals surface area contributed by atoms with Crippen molar-refractivity contribution in [1.82, 2.24) is 15.2 Å². The van der Waals surface area contributed by atoms with E-state index >= 15 is 0 Å². The van der Waals surface area contributed by atoms with Crippen molar-refractivity contribution in [3.05, 3.63) is 77.9 Å². The molecule has 1 N–H and O–H groups in total. The molecule has 5 rings (SSSR count). The van der Waals surface area contributed by atoms with Gasteiger partial charge < -0.3 is 10.1 Å². The van der Waals surface area contributed by atoms with Gasteiger partial charge in [0.1, 0.15) is 17.8 Å². The molecule has 0 radical (unpaired) electrons. The molecular weight excluding hydrogens is 444 g/mol. The normalized spacial score (nSPS) is 19.2. The summed E-state index contributed by atoms with van der Waals surface area (Å²) in [5.41, 5.74) is 1.53. The predicted octanol–water partition coefficient (Wildman–Crippen LogP) is 3.86. The molecule has 1 saturated heterocycles. The third-order valence-corrected chi connectivity index (χ3v) is 6.49. The molecule has 8 heteroatoms. The fraction of sp³-hybridized carbons (Fsp3) is 0.259. The van der Waals surface area contributed by atoms with E-state index in [0.717, 1.165) is 32.5 Å². The topological polar surface area (TPSA) is 91.3 Å². The summed E-state index contributed by atoms with van der Waals surface area (Å²) in [5, 5.41) is 10.9. The first kappa shape index (κ1) is 22.6. The molecule has 0 aliphatic carbocycles. The Balaban J connectivity index is 1.48. The van der Waals surface area contributed by atoms with Crippen LogP contribution in [0.2, 0.25) is 0 Å². The molecule has 178 valence electrons. The molecule has 0 saturated carbocycles. The van der Waals surface area contributed by atoms with Crippen LogP contribution in [0.25, 0.3) is 10.8 Å². The highest BCUT2D eigenvalue weighted by atomic mass is 16.5. The molecule has 1 atom stereocenters. The van der Waals surface area contributed by atoms with Gasteiger partial charge in [-0.3, -0.25) is 14.5 Å². The van der Waals surface area contributed by atoms with Gasteiger partial charge in [0.05, 0.1) is 18.9 Å². The third kappa shape index (κ3) is 4.12. The quantitative estimate of drug-likeness (QED) is 0.574. The van der Waals surface area contributed by atoms with Gasteiger partial charge >= 0.3 is 6.03 Å². The lowest BCUT2D eigenvalue weighted by atomic mass is 9.97. The number of imide groups is 1. The molecule has 3 aromatic carbocycles. The number of nitrogens with zero attached hydrogens (tertiary/aromatic N) is 3. The van der Waals surface area contributed by atoms with Crippen LogP contribution in [0.15, 0.2) is 71.8 Å². The van der Waals surface area contributed by atoms with E-state index in [1.807, 2.05) is 60.7 Å². The van der Waals surface area contributed by atoms with E-state index in [1.165, 1.54) is 5.01 Å². The smallest absolute Gasteiger partial charge is 0.325 e. The summed E-state index contributed by atoms with van der Waals surface area (Å²) in [5.74, 6) is -0.153. The number of ether oxygens (including phenoxy) is 1. The zero-order valence-electron chi connectivity index (χ0n) is 19.8. The fourth-order valence-electron chi connectivity index (χ4n) is 4.54. The minimum atomic E-state index is -1.04. The second kappa shape index (κ2) is 8.54. The van der Waals surface area contributed by atoms with Crippen molar-refractivity contribution in [1.29, 1.82) is 0 Å². The van der Waals surface area contributed by atoms with Crippen LogP contribution in [-0.4, -0.2) is 52.7 Å². The standard InChI is InChI=1S/C27H26N4O4/c1-27(2)25(33)30(26(34)28-27)16-24(32)31-23(18-10-12-21(35-3)13-11-18)15-22(29-31)20-9-8-17-6-4-5-7-19(17)14-20/h4-14,23H,15-16H2,1-3H3,(H,28,34). The van der Waals surface area contributed by atoms with Crippen LogP contribution < -0.4 is 10.1 Å². The summed E-state index contributed by atoms with van der Waals surface area (Å²) in [6.45, 7) is 2.85. The van der Waals surface area contributed by atoms with Gasteiger partial charge in [0.25, 0.3) is 11.8 Å². The average Bonchev–Trinajstić information content (AvgIpc) is 3.39. The van der Waals surface area contributed by atoms with Gasteiger partial charge in [0, 0.05) is 6.42 Å². The molecule has 2 aliphatic rings. The fourth-order valence-corrected chi connectivity index (χ4v) is 4.54. The summed E-state index contributed by atoms with van der Waals surface area (Å²) in [6, 6.07) is 20.7. The maximum Gasteiger partial charge on any atom is 0.325 e. The summed E-state index contributed by atoms with van der Waals surface area (Å²) < 4.78 is 5.27. The van der Waals surface area contributed by atoms with Crippen LogP contribution in [0.5, 0.6) is 5.75 Å². The van der Waals surface area contributed by atoms with Crippen LogP contribution in [-0.2, 0) is 9.59 Å². The van der Waals surface area contributed by atoms with Crippen molar-refractivity contribution in [2.45, 2.75) is 31.8 Å². The molecule has 8 nitrogen and oxygen atoms in total. The van der Waals surface area contributed by atoms with Gasteiger partial charge in [0.2, 0.25) is 0 Å². The zero-order valence-corrected chi connectivity index (χ0v) is 19.8. The van der Waals surface area contributed by atoms with E-state index in [2.05, 4.69) is 11.4 Å². The molecule has 2 heterocycles. The molecular formula is C27H26N4O4. The molecule has 0 aromatic heterocycles. The lowest BCUT2D eigenvalue weighted by Gasteiger charge is -2.24. The van der Waals surface area contributed by atoms with E-state index in [1.54, 1.807) is 21.0 Å². The number of methoxy groups -OCH3 is 1. The van der Waals surface area contributed by atoms with Crippen LogP contribution >= 0.6 is 0 Å². The number of benzene rings is 3. The zero-order chi connectivity index (χ0) is 24.7. The van der Waals surface area contributed by atoms with Gasteiger partial charge in [0.15, 0.2) is 0 Å². The lowest BCUT2D eigenvalue weighted by molar-refractivity contribution is -0.139. The lowest BCUT2D eigenvalue weighted by Crippen LogP contribution is -2.43. The first-order valence-electron chi connectivity index (χ1n) is 11.4. The number of rotatable bonds is 5. The molecule has 1 fully saturated rings. The number of hydrogen-bond donors (Lipinski definition) is 1. The molecule has 0 bridgehead atoms. The highest BCUT2D eigenvalue weighted by Crippen LogP contribution is 2.34. The van der Waals surface area contributed by atoms with E-state index in [9.17, 15) is 14.4 Å². The second-order valence-corrected chi connectivity index (χ2v) is 9.29. The number of fused-ring (bicyclic) bond motifs is 1. The van der Waals surface area contributed by atoms with Crippen molar-refractivity contribution in [2.24, 2.45) is 5.10 Å². The third-order valence-electron chi connectivity index (χ3n) is 6.49. The number of carbonyl (C=O) groups is 3. The van der Waals surface area contributed by atoms with E-state index in [4.69, 9.17) is 9.84 Å². The summed E-state index contributed by atoms with van der Waals surface area (Å²) >= 11 is 0. The highest BCUT2D eigenvalue weighted by Gasteiger charge is 2.46. The number of hydrogen-bond acceptors (Lipinski definition) is 5. The maximum absolute atomic E-state index is 13.4. The van der Waals surface area contributed by atoms with Crippen LogP contribution in [0.4, 0.5) is 4.79 Å². The molecule has 4 amide bonds. The minimum Gasteiger partial charge on any atom is -0.497 e. The Bertz CT molecular complexity index is 1360. The first-order valence-corrected chi connectivity index (χ1v) is 11.4. The van der Waals surface area contributed by atoms with E-state index < -0.39 is 23.4 Å². The molecule has 3 aromatic rings. The van der Waals surface area contributed by atoms with Crippen molar-refractivity contribution >= 4 is 34.3 Å². The predicted molar refractivity (Wildman–Crippen MR) is 132 cm³/mol. The molecule has 1 unspecified atom stereocenters. The second-order valence-electron chi connectivity index (χ2n) is 9.29. The van der Waals surface area contributed by atoms with Gasteiger partial charge in [-0.2, -0.15) is 5.10 Å². The van der Waals surface area contributed by atoms with Gasteiger partial charge in [-0.15, -0.1) is 0 Å². The SMILES string of the molecule is COc1ccc(C2CC(c3ccc4ccccc4c3)=NN2C(=O)CN2C(=O)NC(C)(C)C2=O)cc1. The maximum atomic E-state index is 13.4. The van der Waals surface area contributed by atoms with Crippen LogP contribution in [0.1, 0.15) is 37.4 Å².